The van der Waals surface area contributed by atoms with Crippen LogP contribution in [-0.4, -0.2) is 19.8 Å². The lowest BCUT2D eigenvalue weighted by Gasteiger charge is -2.16. The lowest BCUT2D eigenvalue weighted by Crippen LogP contribution is -2.23. The van der Waals surface area contributed by atoms with E-state index in [0.29, 0.717) is 18.0 Å². The van der Waals surface area contributed by atoms with Gasteiger partial charge in [-0.3, -0.25) is 0 Å². The molecular weight excluding hydrogens is 402 g/mol. The summed E-state index contributed by atoms with van der Waals surface area (Å²) < 4.78 is 8.70. The average molecular weight is 425 g/mol. The zero-order chi connectivity index (χ0) is 22.7. The Morgan fingerprint density at radius 1 is 1.03 bits per heavy atom. The topological polar surface area (TPSA) is 66.3 Å². The fourth-order valence-corrected chi connectivity index (χ4v) is 3.68. The smallest absolute Gasteiger partial charge is 0.368 e. The van der Waals surface area contributed by atoms with Gasteiger partial charge < -0.3 is 4.74 Å². The number of hydrogen-bond donors (Lipinski definition) is 0. The van der Waals surface area contributed by atoms with Crippen LogP contribution in [0.25, 0.3) is 21.7 Å². The molecule has 1 aromatic heterocycles. The third-order valence-corrected chi connectivity index (χ3v) is 5.43. The highest BCUT2D eigenvalue weighted by molar-refractivity contribution is 5.69. The highest BCUT2D eigenvalue weighted by Crippen LogP contribution is 2.29. The van der Waals surface area contributed by atoms with Crippen molar-refractivity contribution in [3.05, 3.63) is 99.3 Å². The first-order valence-corrected chi connectivity index (χ1v) is 10.3. The van der Waals surface area contributed by atoms with Gasteiger partial charge in [-0.1, -0.05) is 43.3 Å². The molecule has 3 aromatic carbocycles. The Kier molecular flexibility index (Phi) is 5.86. The minimum absolute atomic E-state index is 0.301. The van der Waals surface area contributed by atoms with Crippen LogP contribution in [0.1, 0.15) is 23.6 Å². The van der Waals surface area contributed by atoms with Crippen molar-refractivity contribution in [2.45, 2.75) is 26.9 Å². The summed E-state index contributed by atoms with van der Waals surface area (Å²) in [6, 6.07) is 19.3. The molecule has 0 aliphatic heterocycles. The molecule has 4 rings (SSSR count). The maximum atomic E-state index is 12.4. The molecule has 32 heavy (non-hydrogen) atoms. The van der Waals surface area contributed by atoms with Gasteiger partial charge >= 0.3 is 5.69 Å². The Bertz CT molecular complexity index is 1380. The second kappa shape index (κ2) is 8.90. The summed E-state index contributed by atoms with van der Waals surface area (Å²) >= 11 is 0. The molecule has 0 radical (unpaired) electrons. The molecule has 0 aliphatic carbocycles. The van der Waals surface area contributed by atoms with Gasteiger partial charge in [-0.25, -0.2) is 9.64 Å². The summed E-state index contributed by atoms with van der Waals surface area (Å²) in [6.45, 7) is 11.6. The van der Waals surface area contributed by atoms with Gasteiger partial charge in [0.05, 0.1) is 12.3 Å². The molecular formula is C25H23N5O2. The Balaban J connectivity index is 1.63. The molecule has 0 saturated heterocycles. The van der Waals surface area contributed by atoms with E-state index in [9.17, 15) is 4.79 Å². The lowest BCUT2D eigenvalue weighted by molar-refractivity contribution is 0.302. The zero-order valence-electron chi connectivity index (χ0n) is 18.2. The molecule has 0 atom stereocenters. The second-order valence-corrected chi connectivity index (χ2v) is 7.50. The van der Waals surface area contributed by atoms with Crippen molar-refractivity contribution in [1.29, 1.82) is 0 Å². The summed E-state index contributed by atoms with van der Waals surface area (Å²) in [5, 5.41) is 7.82. The van der Waals surface area contributed by atoms with Crippen molar-refractivity contribution in [2.24, 2.45) is 7.05 Å². The summed E-state index contributed by atoms with van der Waals surface area (Å²) in [7, 11) is 1.57. The highest BCUT2D eigenvalue weighted by atomic mass is 16.5. The van der Waals surface area contributed by atoms with Crippen LogP contribution >= 0.6 is 0 Å². The monoisotopic (exact) mass is 425 g/mol. The van der Waals surface area contributed by atoms with Crippen molar-refractivity contribution >= 4 is 5.69 Å². The first kappa shape index (κ1) is 21.1. The molecule has 0 fully saturated rings. The Labute approximate surface area is 186 Å². The highest BCUT2D eigenvalue weighted by Gasteiger charge is 2.15. The minimum Gasteiger partial charge on any atom is -0.489 e. The summed E-state index contributed by atoms with van der Waals surface area (Å²) in [6.07, 6.45) is 0.802. The first-order valence-electron chi connectivity index (χ1n) is 10.3. The number of benzene rings is 3. The SMILES string of the molecule is [C-]#[N+]c1cccc(-c2ccc(OCc3c(CC)cccc3-n3nnn(C)c3=O)c(C)c2)c1. The molecule has 0 bridgehead atoms. The van der Waals surface area contributed by atoms with Crippen LogP contribution in [0.2, 0.25) is 0 Å². The van der Waals surface area contributed by atoms with Gasteiger partial charge in [0, 0.05) is 12.6 Å². The predicted octanol–water partition coefficient (Wildman–Crippen LogP) is 4.63. The van der Waals surface area contributed by atoms with E-state index in [4.69, 9.17) is 11.3 Å². The Hall–Kier alpha value is -4.18. The Morgan fingerprint density at radius 3 is 2.50 bits per heavy atom. The van der Waals surface area contributed by atoms with Crippen LogP contribution < -0.4 is 10.4 Å². The lowest BCUT2D eigenvalue weighted by atomic mass is 10.0. The van der Waals surface area contributed by atoms with E-state index in [1.165, 1.54) is 9.36 Å². The minimum atomic E-state index is -0.304. The zero-order valence-corrected chi connectivity index (χ0v) is 18.2. The van der Waals surface area contributed by atoms with Crippen LogP contribution in [-0.2, 0) is 20.1 Å². The molecule has 0 saturated carbocycles. The molecule has 0 aliphatic rings. The molecule has 0 unspecified atom stereocenters. The third kappa shape index (κ3) is 4.03. The van der Waals surface area contributed by atoms with Crippen molar-refractivity contribution in [2.75, 3.05) is 0 Å². The van der Waals surface area contributed by atoms with Gasteiger partial charge in [-0.05, 0) is 70.3 Å². The Morgan fingerprint density at radius 2 is 1.81 bits per heavy atom. The number of aromatic nitrogens is 4. The van der Waals surface area contributed by atoms with Crippen molar-refractivity contribution in [3.63, 3.8) is 0 Å². The molecule has 0 N–H and O–H groups in total. The maximum absolute atomic E-state index is 12.4. The van der Waals surface area contributed by atoms with E-state index in [2.05, 4.69) is 28.3 Å². The maximum Gasteiger partial charge on any atom is 0.368 e. The van der Waals surface area contributed by atoms with Crippen LogP contribution in [0.4, 0.5) is 5.69 Å². The van der Waals surface area contributed by atoms with Gasteiger partial charge in [0.25, 0.3) is 0 Å². The van der Waals surface area contributed by atoms with Crippen molar-refractivity contribution < 1.29 is 4.74 Å². The van der Waals surface area contributed by atoms with Crippen LogP contribution in [0.15, 0.2) is 65.5 Å². The van der Waals surface area contributed by atoms with Gasteiger partial charge in [-0.2, -0.15) is 9.36 Å². The van der Waals surface area contributed by atoms with E-state index in [0.717, 1.165) is 40.0 Å². The number of aryl methyl sites for hydroxylation is 3. The average Bonchev–Trinajstić information content (AvgIpc) is 3.16. The fourth-order valence-electron chi connectivity index (χ4n) is 3.68. The van der Waals surface area contributed by atoms with E-state index < -0.39 is 0 Å². The number of rotatable bonds is 6. The van der Waals surface area contributed by atoms with Gasteiger partial charge in [0.1, 0.15) is 12.4 Å². The first-order chi connectivity index (χ1) is 15.5. The third-order valence-electron chi connectivity index (χ3n) is 5.43. The summed E-state index contributed by atoms with van der Waals surface area (Å²) in [5.41, 5.74) is 5.99. The van der Waals surface area contributed by atoms with E-state index >= 15 is 0 Å². The molecule has 0 spiro atoms. The molecule has 7 nitrogen and oxygen atoms in total. The van der Waals surface area contributed by atoms with Gasteiger partial charge in [0.2, 0.25) is 0 Å². The second-order valence-electron chi connectivity index (χ2n) is 7.50. The standard InChI is InChI=1S/C25H23N5O2/c1-5-18-8-7-11-23(30-25(31)29(4)27-28-30)22(18)16-32-24-13-12-20(14-17(24)2)19-9-6-10-21(15-19)26-3/h6-15H,5,16H2,1-2,4H3. The molecule has 160 valence electrons. The van der Waals surface area contributed by atoms with Crippen molar-refractivity contribution in [3.8, 4) is 22.6 Å². The quantitative estimate of drug-likeness (QED) is 0.422. The molecule has 7 heteroatoms. The van der Waals surface area contributed by atoms with Crippen LogP contribution in [0.5, 0.6) is 5.75 Å². The van der Waals surface area contributed by atoms with E-state index in [1.807, 2.05) is 55.5 Å². The number of ether oxygens (including phenoxy) is 1. The van der Waals surface area contributed by atoms with Crippen molar-refractivity contribution in [1.82, 2.24) is 19.8 Å². The van der Waals surface area contributed by atoms with Crippen LogP contribution in [0, 0.1) is 13.5 Å². The molecule has 0 amide bonds. The largest absolute Gasteiger partial charge is 0.489 e. The number of tetrazole rings is 1. The number of nitrogens with zero attached hydrogens (tertiary/aromatic N) is 5. The number of hydrogen-bond acceptors (Lipinski definition) is 4. The van der Waals surface area contributed by atoms with Gasteiger partial charge in [0.15, 0.2) is 5.69 Å². The fraction of sp³-hybridized carbons (Fsp3) is 0.200. The molecule has 1 heterocycles. The predicted molar refractivity (Wildman–Crippen MR) is 123 cm³/mol. The van der Waals surface area contributed by atoms with E-state index in [1.54, 1.807) is 13.1 Å². The summed E-state index contributed by atoms with van der Waals surface area (Å²) in [5.74, 6) is 0.762. The van der Waals surface area contributed by atoms with E-state index in [-0.39, 0.29) is 5.69 Å². The van der Waals surface area contributed by atoms with Crippen LogP contribution in [0.3, 0.4) is 0 Å². The summed E-state index contributed by atoms with van der Waals surface area (Å²) in [4.78, 5) is 15.9. The normalized spacial score (nSPS) is 10.7. The molecule has 4 aromatic rings. The van der Waals surface area contributed by atoms with Gasteiger partial charge in [-0.15, -0.1) is 0 Å².